The van der Waals surface area contributed by atoms with Crippen LogP contribution in [-0.4, -0.2) is 49.3 Å². The van der Waals surface area contributed by atoms with Gasteiger partial charge in [-0.05, 0) is 57.2 Å². The monoisotopic (exact) mass is 566 g/mol. The zero-order chi connectivity index (χ0) is 26.6. The summed E-state index contributed by atoms with van der Waals surface area (Å²) < 4.78 is 23.6. The zero-order valence-corrected chi connectivity index (χ0v) is 23.7. The molecule has 2 amide bonds. The summed E-state index contributed by atoms with van der Waals surface area (Å²) in [6, 6.07) is 4.82. The molecule has 0 bridgehead atoms. The zero-order valence-electron chi connectivity index (χ0n) is 21.3. The number of carbonyl (C=O) groups excluding carboxylic acids is 2. The third kappa shape index (κ3) is 7.23. The molecule has 2 aromatic heterocycles. The Labute approximate surface area is 228 Å². The van der Waals surface area contributed by atoms with Gasteiger partial charge in [0.25, 0.3) is 0 Å². The van der Waals surface area contributed by atoms with Crippen molar-refractivity contribution in [1.29, 1.82) is 0 Å². The molecule has 1 aliphatic heterocycles. The van der Waals surface area contributed by atoms with Crippen molar-refractivity contribution in [3.05, 3.63) is 40.0 Å². The number of hydrogen-bond donors (Lipinski definition) is 2. The van der Waals surface area contributed by atoms with Crippen LogP contribution < -0.4 is 15.5 Å². The maximum atomic E-state index is 13.5. The van der Waals surface area contributed by atoms with E-state index in [1.807, 2.05) is 32.0 Å². The van der Waals surface area contributed by atoms with Gasteiger partial charge in [-0.1, -0.05) is 37.3 Å². The SMILES string of the molecule is Cc1ncc(Cl)cc1N[C@@H](C)c1ccc(N(C=O)[C@@H](CC2CCCC2)C(=O)NC2CCS(=O)(=O)CC2)s1. The van der Waals surface area contributed by atoms with Crippen LogP contribution in [0.4, 0.5) is 10.7 Å². The summed E-state index contributed by atoms with van der Waals surface area (Å²) in [5, 5.41) is 7.76. The van der Waals surface area contributed by atoms with Gasteiger partial charge in [0.05, 0.1) is 39.0 Å². The molecule has 0 unspecified atom stereocenters. The number of aromatic nitrogens is 1. The molecule has 37 heavy (non-hydrogen) atoms. The van der Waals surface area contributed by atoms with Crippen LogP contribution in [0.25, 0.3) is 0 Å². The van der Waals surface area contributed by atoms with Gasteiger partial charge in [0, 0.05) is 17.1 Å². The van der Waals surface area contributed by atoms with E-state index in [0.29, 0.717) is 35.2 Å². The number of nitrogens with zero attached hydrogens (tertiary/aromatic N) is 2. The highest BCUT2D eigenvalue weighted by molar-refractivity contribution is 7.91. The molecule has 1 aliphatic carbocycles. The lowest BCUT2D eigenvalue weighted by atomic mass is 9.96. The van der Waals surface area contributed by atoms with Gasteiger partial charge in [-0.3, -0.25) is 19.5 Å². The van der Waals surface area contributed by atoms with Crippen LogP contribution in [0, 0.1) is 12.8 Å². The number of carbonyl (C=O) groups is 2. The molecule has 2 aliphatic rings. The highest BCUT2D eigenvalue weighted by atomic mass is 35.5. The molecule has 8 nitrogen and oxygen atoms in total. The van der Waals surface area contributed by atoms with E-state index in [2.05, 4.69) is 15.6 Å². The van der Waals surface area contributed by atoms with Crippen molar-refractivity contribution in [2.75, 3.05) is 21.7 Å². The number of amides is 2. The normalized spacial score (nSPS) is 19.8. The van der Waals surface area contributed by atoms with Crippen molar-refractivity contribution in [2.45, 2.75) is 76.9 Å². The highest BCUT2D eigenvalue weighted by Crippen LogP contribution is 2.36. The number of thiophene rings is 1. The predicted octanol–water partition coefficient (Wildman–Crippen LogP) is 4.88. The van der Waals surface area contributed by atoms with Gasteiger partial charge in [-0.2, -0.15) is 0 Å². The molecule has 2 N–H and O–H groups in total. The summed E-state index contributed by atoms with van der Waals surface area (Å²) in [4.78, 5) is 32.8. The van der Waals surface area contributed by atoms with Gasteiger partial charge < -0.3 is 10.6 Å². The summed E-state index contributed by atoms with van der Waals surface area (Å²) >= 11 is 7.59. The molecule has 3 heterocycles. The third-order valence-corrected chi connectivity index (χ3v) is 10.6. The summed E-state index contributed by atoms with van der Waals surface area (Å²) in [6.45, 7) is 3.94. The highest BCUT2D eigenvalue weighted by Gasteiger charge is 2.34. The minimum Gasteiger partial charge on any atom is -0.376 e. The lowest BCUT2D eigenvalue weighted by molar-refractivity contribution is -0.125. The number of nitrogens with one attached hydrogen (secondary N) is 2. The maximum Gasteiger partial charge on any atom is 0.243 e. The molecule has 202 valence electrons. The third-order valence-electron chi connectivity index (χ3n) is 7.40. The Balaban J connectivity index is 1.50. The van der Waals surface area contributed by atoms with Crippen molar-refractivity contribution < 1.29 is 18.0 Å². The first kappa shape index (κ1) is 27.9. The molecule has 4 rings (SSSR count). The summed E-state index contributed by atoms with van der Waals surface area (Å²) in [5.41, 5.74) is 1.68. The van der Waals surface area contributed by atoms with E-state index in [9.17, 15) is 18.0 Å². The van der Waals surface area contributed by atoms with E-state index in [1.54, 1.807) is 11.1 Å². The number of anilines is 2. The molecule has 0 spiro atoms. The van der Waals surface area contributed by atoms with Gasteiger partial charge in [-0.25, -0.2) is 8.42 Å². The maximum absolute atomic E-state index is 13.5. The summed E-state index contributed by atoms with van der Waals surface area (Å²) in [5.74, 6) is 0.362. The summed E-state index contributed by atoms with van der Waals surface area (Å²) in [6.07, 6.45) is 8.19. The minimum atomic E-state index is -3.02. The molecule has 2 atom stereocenters. The molecule has 11 heteroatoms. The number of halogens is 1. The second-order valence-corrected chi connectivity index (χ2v) is 14.0. The second kappa shape index (κ2) is 12.1. The Morgan fingerprint density at radius 3 is 2.62 bits per heavy atom. The van der Waals surface area contributed by atoms with Gasteiger partial charge in [-0.15, -0.1) is 11.3 Å². The fraction of sp³-hybridized carbons (Fsp3) is 0.577. The first-order valence-electron chi connectivity index (χ1n) is 12.9. The van der Waals surface area contributed by atoms with Gasteiger partial charge in [0.1, 0.15) is 15.9 Å². The Morgan fingerprint density at radius 2 is 1.95 bits per heavy atom. The van der Waals surface area contributed by atoms with E-state index in [-0.39, 0.29) is 29.5 Å². The van der Waals surface area contributed by atoms with Crippen LogP contribution in [0.1, 0.15) is 68.5 Å². The molecule has 1 saturated heterocycles. The second-order valence-electron chi connectivity index (χ2n) is 10.2. The average Bonchev–Trinajstić information content (AvgIpc) is 3.55. The van der Waals surface area contributed by atoms with Crippen LogP contribution in [0.3, 0.4) is 0 Å². The lowest BCUT2D eigenvalue weighted by Gasteiger charge is -2.31. The van der Waals surface area contributed by atoms with E-state index >= 15 is 0 Å². The topological polar surface area (TPSA) is 108 Å². The predicted molar refractivity (Wildman–Crippen MR) is 149 cm³/mol. The number of pyridine rings is 1. The van der Waals surface area contributed by atoms with Gasteiger partial charge in [0.2, 0.25) is 12.3 Å². The minimum absolute atomic E-state index is 0.0579. The molecule has 0 aromatic carbocycles. The molecule has 2 aromatic rings. The number of aryl methyl sites for hydroxylation is 1. The Bertz CT molecular complexity index is 1200. The smallest absolute Gasteiger partial charge is 0.243 e. The van der Waals surface area contributed by atoms with Crippen LogP contribution in [0.2, 0.25) is 5.02 Å². The number of sulfone groups is 1. The number of rotatable bonds is 10. The fourth-order valence-corrected chi connectivity index (χ4v) is 7.87. The quantitative estimate of drug-likeness (QED) is 0.397. The van der Waals surface area contributed by atoms with Crippen LogP contribution in [-0.2, 0) is 19.4 Å². The lowest BCUT2D eigenvalue weighted by Crippen LogP contribution is -2.51. The van der Waals surface area contributed by atoms with E-state index in [0.717, 1.165) is 48.4 Å². The van der Waals surface area contributed by atoms with Crippen molar-refractivity contribution in [3.63, 3.8) is 0 Å². The van der Waals surface area contributed by atoms with Crippen LogP contribution >= 0.6 is 22.9 Å². The van der Waals surface area contributed by atoms with E-state index in [1.165, 1.54) is 11.3 Å². The Hall–Kier alpha value is -2.17. The first-order valence-corrected chi connectivity index (χ1v) is 15.9. The van der Waals surface area contributed by atoms with Crippen LogP contribution in [0.5, 0.6) is 0 Å². The van der Waals surface area contributed by atoms with Crippen molar-refractivity contribution >= 4 is 55.8 Å². The molecule has 1 saturated carbocycles. The average molecular weight is 567 g/mol. The van der Waals surface area contributed by atoms with E-state index < -0.39 is 15.9 Å². The molecule has 2 fully saturated rings. The molecular formula is C26H35ClN4O4S2. The summed E-state index contributed by atoms with van der Waals surface area (Å²) in [7, 11) is -3.02. The molecular weight excluding hydrogens is 532 g/mol. The first-order chi connectivity index (χ1) is 17.6. The van der Waals surface area contributed by atoms with E-state index in [4.69, 9.17) is 11.6 Å². The Morgan fingerprint density at radius 1 is 1.24 bits per heavy atom. The van der Waals surface area contributed by atoms with Gasteiger partial charge in [0.15, 0.2) is 0 Å². The number of hydrogen-bond acceptors (Lipinski definition) is 7. The van der Waals surface area contributed by atoms with Gasteiger partial charge >= 0.3 is 0 Å². The fourth-order valence-electron chi connectivity index (χ4n) is 5.19. The van der Waals surface area contributed by atoms with Crippen molar-refractivity contribution in [3.8, 4) is 0 Å². The van der Waals surface area contributed by atoms with Crippen molar-refractivity contribution in [1.82, 2.24) is 10.3 Å². The van der Waals surface area contributed by atoms with Crippen molar-refractivity contribution in [2.24, 2.45) is 5.92 Å². The largest absolute Gasteiger partial charge is 0.376 e. The molecule has 0 radical (unpaired) electrons. The van der Waals surface area contributed by atoms with Crippen LogP contribution in [0.15, 0.2) is 24.4 Å². The standard InChI is InChI=1S/C26H35ClN4O4S2/c1-17-22(14-20(27)15-28-17)29-18(2)24-7-8-25(36-24)31(16-32)23(13-19-5-3-4-6-19)26(33)30-21-9-11-37(34,35)12-10-21/h7-8,14-16,18-19,21,23,29H,3-6,9-13H2,1-2H3,(H,30,33)/t18-,23-/m0/s1. The Kier molecular flexibility index (Phi) is 9.13.